The van der Waals surface area contributed by atoms with Crippen LogP contribution < -0.4 is 9.47 Å². The fourth-order valence-corrected chi connectivity index (χ4v) is 4.59. The molecule has 39 heavy (non-hydrogen) atoms. The van der Waals surface area contributed by atoms with Gasteiger partial charge in [-0.2, -0.15) is 18.3 Å². The van der Waals surface area contributed by atoms with E-state index in [1.54, 1.807) is 6.07 Å². The van der Waals surface area contributed by atoms with E-state index >= 15 is 0 Å². The summed E-state index contributed by atoms with van der Waals surface area (Å²) < 4.78 is 49.6. The van der Waals surface area contributed by atoms with E-state index in [0.717, 1.165) is 52.2 Å². The summed E-state index contributed by atoms with van der Waals surface area (Å²) in [6.45, 7) is 3.83. The molecule has 0 N–H and O–H groups in total. The highest BCUT2D eigenvalue weighted by Crippen LogP contribution is 2.39. The first-order valence-electron chi connectivity index (χ1n) is 12.3. The number of hydrogen-bond donors (Lipinski definition) is 0. The zero-order chi connectivity index (χ0) is 27.9. The molecule has 3 aromatic carbocycles. The molecule has 2 amide bonds. The first-order valence-corrected chi connectivity index (χ1v) is 12.3. The Hall–Kier alpha value is -4.34. The molecule has 0 unspecified atom stereocenters. The number of halogens is 3. The van der Waals surface area contributed by atoms with E-state index in [4.69, 9.17) is 9.47 Å². The van der Waals surface area contributed by atoms with Crippen LogP contribution in [0.1, 0.15) is 50.6 Å². The molecule has 0 fully saturated rings. The number of hydrogen-bond acceptors (Lipinski definition) is 5. The van der Waals surface area contributed by atoms with Crippen LogP contribution in [-0.2, 0) is 11.0 Å². The summed E-state index contributed by atoms with van der Waals surface area (Å²) in [5, 5.41) is 6.04. The van der Waals surface area contributed by atoms with Crippen molar-refractivity contribution in [2.75, 3.05) is 20.4 Å². The van der Waals surface area contributed by atoms with Gasteiger partial charge in [0.05, 0.1) is 17.3 Å². The van der Waals surface area contributed by atoms with Gasteiger partial charge in [-0.1, -0.05) is 18.2 Å². The number of aryl methyl sites for hydroxylation is 2. The molecular weight excluding hydrogens is 511 g/mol. The lowest BCUT2D eigenvalue weighted by molar-refractivity contribution is -0.137. The first-order chi connectivity index (χ1) is 18.5. The monoisotopic (exact) mass is 537 g/mol. The van der Waals surface area contributed by atoms with Crippen molar-refractivity contribution in [2.24, 2.45) is 5.10 Å². The van der Waals surface area contributed by atoms with E-state index in [2.05, 4.69) is 5.10 Å². The number of hydrazone groups is 1. The highest BCUT2D eigenvalue weighted by molar-refractivity contribution is 6.04. The van der Waals surface area contributed by atoms with Crippen molar-refractivity contribution in [2.45, 2.75) is 32.5 Å². The van der Waals surface area contributed by atoms with Crippen molar-refractivity contribution in [3.8, 4) is 11.5 Å². The summed E-state index contributed by atoms with van der Waals surface area (Å²) in [5.41, 5.74) is 3.86. The van der Waals surface area contributed by atoms with Crippen molar-refractivity contribution < 1.29 is 32.2 Å². The molecule has 5 rings (SSSR count). The third-order valence-electron chi connectivity index (χ3n) is 6.97. The van der Waals surface area contributed by atoms with Gasteiger partial charge in [0.2, 0.25) is 6.79 Å². The van der Waals surface area contributed by atoms with Crippen molar-refractivity contribution in [1.82, 2.24) is 9.91 Å². The largest absolute Gasteiger partial charge is 0.454 e. The van der Waals surface area contributed by atoms with E-state index in [9.17, 15) is 22.8 Å². The van der Waals surface area contributed by atoms with Gasteiger partial charge in [0.1, 0.15) is 6.54 Å². The molecule has 0 radical (unpaired) electrons. The Morgan fingerprint density at radius 3 is 2.38 bits per heavy atom. The van der Waals surface area contributed by atoms with Crippen LogP contribution in [0.15, 0.2) is 65.8 Å². The number of nitrogens with zero attached hydrogens (tertiary/aromatic N) is 3. The Bertz CT molecular complexity index is 1470. The van der Waals surface area contributed by atoms with Crippen LogP contribution in [0, 0.1) is 13.8 Å². The van der Waals surface area contributed by atoms with Crippen LogP contribution >= 0.6 is 0 Å². The Kier molecular flexibility index (Phi) is 6.80. The van der Waals surface area contributed by atoms with Crippen LogP contribution in [0.2, 0.25) is 0 Å². The number of fused-ring (bicyclic) bond motifs is 1. The Labute approximate surface area is 223 Å². The Balaban J connectivity index is 1.39. The summed E-state index contributed by atoms with van der Waals surface area (Å²) in [6.07, 6.45) is -4.06. The van der Waals surface area contributed by atoms with Gasteiger partial charge in [0, 0.05) is 19.0 Å². The molecule has 0 aromatic heterocycles. The molecule has 3 aromatic rings. The molecule has 2 aliphatic rings. The van der Waals surface area contributed by atoms with Gasteiger partial charge in [-0.05, 0) is 78.6 Å². The zero-order valence-corrected chi connectivity index (χ0v) is 21.6. The third kappa shape index (κ3) is 5.32. The summed E-state index contributed by atoms with van der Waals surface area (Å²) in [5.74, 6) is 0.189. The van der Waals surface area contributed by atoms with E-state index in [0.29, 0.717) is 17.9 Å². The number of alkyl halides is 3. The minimum Gasteiger partial charge on any atom is -0.454 e. The summed E-state index contributed by atoms with van der Waals surface area (Å²) >= 11 is 0. The molecule has 1 atom stereocenters. The van der Waals surface area contributed by atoms with Crippen LogP contribution in [0.5, 0.6) is 11.5 Å². The lowest BCUT2D eigenvalue weighted by Crippen LogP contribution is -2.39. The molecule has 0 aliphatic carbocycles. The highest BCUT2D eigenvalue weighted by Gasteiger charge is 2.35. The van der Waals surface area contributed by atoms with E-state index < -0.39 is 29.6 Å². The molecule has 7 nitrogen and oxygen atoms in total. The molecule has 0 saturated carbocycles. The normalized spacial score (nSPS) is 16.3. The van der Waals surface area contributed by atoms with Crippen molar-refractivity contribution in [1.29, 1.82) is 0 Å². The van der Waals surface area contributed by atoms with Crippen molar-refractivity contribution in [3.05, 3.63) is 94.0 Å². The fourth-order valence-electron chi connectivity index (χ4n) is 4.59. The lowest BCUT2D eigenvalue weighted by Gasteiger charge is -2.25. The van der Waals surface area contributed by atoms with Gasteiger partial charge in [0.25, 0.3) is 11.8 Å². The van der Waals surface area contributed by atoms with Crippen LogP contribution in [0.25, 0.3) is 0 Å². The van der Waals surface area contributed by atoms with Gasteiger partial charge >= 0.3 is 6.18 Å². The molecular formula is C29H26F3N3O4. The lowest BCUT2D eigenvalue weighted by atomic mass is 9.96. The molecule has 2 heterocycles. The molecule has 0 spiro atoms. The van der Waals surface area contributed by atoms with Crippen molar-refractivity contribution in [3.63, 3.8) is 0 Å². The van der Waals surface area contributed by atoms with Gasteiger partial charge in [-0.3, -0.25) is 9.59 Å². The van der Waals surface area contributed by atoms with Crippen LogP contribution in [-0.4, -0.2) is 47.8 Å². The molecule has 10 heteroatoms. The summed E-state index contributed by atoms with van der Waals surface area (Å²) in [6, 6.07) is 14.9. The number of likely N-dealkylation sites (N-methyl/N-ethyl adjacent to an activating group) is 1. The number of benzene rings is 3. The third-order valence-corrected chi connectivity index (χ3v) is 6.97. The SMILES string of the molecule is Cc1ccc(C2=NN(C(=O)CN(C)C(=O)c3ccc(C(F)(F)F)cc3)[C@H](c3ccc4c(c3)OCO4)C2)cc1C. The number of carbonyl (C=O) groups excluding carboxylic acids is 2. The van der Waals surface area contributed by atoms with Gasteiger partial charge in [-0.25, -0.2) is 5.01 Å². The summed E-state index contributed by atoms with van der Waals surface area (Å²) in [7, 11) is 1.43. The topological polar surface area (TPSA) is 71.4 Å². The number of rotatable bonds is 5. The second-order valence-electron chi connectivity index (χ2n) is 9.65. The van der Waals surface area contributed by atoms with E-state index in [1.165, 1.54) is 17.0 Å². The molecule has 0 saturated heterocycles. The van der Waals surface area contributed by atoms with Gasteiger partial charge < -0.3 is 14.4 Å². The predicted octanol–water partition coefficient (Wildman–Crippen LogP) is 5.50. The number of amides is 2. The average Bonchev–Trinajstić information content (AvgIpc) is 3.56. The van der Waals surface area contributed by atoms with E-state index in [1.807, 2.05) is 44.2 Å². The van der Waals surface area contributed by atoms with Crippen LogP contribution in [0.3, 0.4) is 0 Å². The average molecular weight is 538 g/mol. The first kappa shape index (κ1) is 26.3. The Morgan fingerprint density at radius 2 is 1.69 bits per heavy atom. The van der Waals surface area contributed by atoms with Gasteiger partial charge in [0.15, 0.2) is 11.5 Å². The smallest absolute Gasteiger partial charge is 0.416 e. The van der Waals surface area contributed by atoms with Crippen LogP contribution in [0.4, 0.5) is 13.2 Å². The standard InChI is InChI=1S/C29H26F3N3O4/c1-17-4-5-20(12-18(17)2)23-14-24(21-8-11-25-26(13-21)39-16-38-25)35(33-23)27(36)15-34(3)28(37)19-6-9-22(10-7-19)29(30,31)32/h4-13,24H,14-16H2,1-3H3/t24-/m0/s1. The number of ether oxygens (including phenoxy) is 2. The maximum absolute atomic E-state index is 13.5. The second kappa shape index (κ2) is 10.1. The summed E-state index contributed by atoms with van der Waals surface area (Å²) in [4.78, 5) is 27.6. The maximum Gasteiger partial charge on any atom is 0.416 e. The quantitative estimate of drug-likeness (QED) is 0.431. The fraction of sp³-hybridized carbons (Fsp3) is 0.276. The highest BCUT2D eigenvalue weighted by atomic mass is 19.4. The number of carbonyl (C=O) groups is 2. The predicted molar refractivity (Wildman–Crippen MR) is 138 cm³/mol. The molecule has 0 bridgehead atoms. The Morgan fingerprint density at radius 1 is 0.974 bits per heavy atom. The van der Waals surface area contributed by atoms with Crippen molar-refractivity contribution >= 4 is 17.5 Å². The molecule has 2 aliphatic heterocycles. The minimum atomic E-state index is -4.51. The van der Waals surface area contributed by atoms with Gasteiger partial charge in [-0.15, -0.1) is 0 Å². The second-order valence-corrected chi connectivity index (χ2v) is 9.65. The van der Waals surface area contributed by atoms with E-state index in [-0.39, 0.29) is 18.9 Å². The zero-order valence-electron chi connectivity index (χ0n) is 21.6. The minimum absolute atomic E-state index is 0.0476. The maximum atomic E-state index is 13.5. The molecule has 202 valence electrons.